The Morgan fingerprint density at radius 3 is 1.37 bits per heavy atom. The molecule has 0 amide bonds. The molecule has 0 unspecified atom stereocenters. The molecule has 0 spiro atoms. The van der Waals surface area contributed by atoms with Gasteiger partial charge in [-0.1, -0.05) is 127 Å². The van der Waals surface area contributed by atoms with Crippen LogP contribution in [0.2, 0.25) is 0 Å². The molecule has 3 nitrogen and oxygen atoms in total. The zero-order valence-corrected chi connectivity index (χ0v) is 21.2. The standard InChI is InChI=1S/C34H21O3P/c35-31-27-21-11-13-22-12-10-20-26(28(22)27)29(31)30-32(36)34(33(30)37)38(23-14-4-1-5-15-23,24-16-6-2-7-17-24)25-18-8-3-9-19-25/h1-21H. The van der Waals surface area contributed by atoms with Crippen molar-refractivity contribution in [2.45, 2.75) is 0 Å². The van der Waals surface area contributed by atoms with Gasteiger partial charge >= 0.3 is 0 Å². The SMILES string of the molecule is O=C1C(=c2c(=O)c3cccc4cccc2c43)C(=O)C1=P(c1ccccc1)(c1ccccc1)c1ccccc1. The van der Waals surface area contributed by atoms with E-state index >= 15 is 0 Å². The molecule has 0 N–H and O–H groups in total. The van der Waals surface area contributed by atoms with Gasteiger partial charge < -0.3 is 0 Å². The molecule has 0 aliphatic heterocycles. The third-order valence-electron chi connectivity index (χ3n) is 7.55. The Labute approximate surface area is 219 Å². The van der Waals surface area contributed by atoms with Crippen LogP contribution in [0.3, 0.4) is 0 Å². The molecule has 6 aromatic rings. The summed E-state index contributed by atoms with van der Waals surface area (Å²) in [6.07, 6.45) is 0. The van der Waals surface area contributed by atoms with Crippen molar-refractivity contribution in [3.8, 4) is 0 Å². The highest BCUT2D eigenvalue weighted by Gasteiger charge is 2.48. The lowest BCUT2D eigenvalue weighted by atomic mass is 9.86. The van der Waals surface area contributed by atoms with E-state index in [1.165, 1.54) is 0 Å². The van der Waals surface area contributed by atoms with E-state index in [1.807, 2.05) is 121 Å². The van der Waals surface area contributed by atoms with Gasteiger partial charge in [-0.3, -0.25) is 14.4 Å². The highest BCUT2D eigenvalue weighted by molar-refractivity contribution is 7.98. The van der Waals surface area contributed by atoms with Gasteiger partial charge in [-0.2, -0.15) is 0 Å². The van der Waals surface area contributed by atoms with Crippen molar-refractivity contribution in [1.82, 2.24) is 0 Å². The zero-order chi connectivity index (χ0) is 25.9. The van der Waals surface area contributed by atoms with Crippen molar-refractivity contribution in [3.63, 3.8) is 0 Å². The van der Waals surface area contributed by atoms with Crippen LogP contribution in [0.25, 0.3) is 27.1 Å². The maximum Gasteiger partial charge on any atom is 0.202 e. The van der Waals surface area contributed by atoms with Crippen LogP contribution in [-0.2, 0) is 9.59 Å². The summed E-state index contributed by atoms with van der Waals surface area (Å²) in [4.78, 5) is 42.2. The third-order valence-corrected chi connectivity index (χ3v) is 11.8. The number of carbonyl (C=O) groups excluding carboxylic acids is 2. The number of ketones is 2. The van der Waals surface area contributed by atoms with E-state index in [0.717, 1.165) is 26.7 Å². The first-order valence-electron chi connectivity index (χ1n) is 12.5. The second-order valence-electron chi connectivity index (χ2n) is 9.47. The van der Waals surface area contributed by atoms with E-state index in [4.69, 9.17) is 0 Å². The summed E-state index contributed by atoms with van der Waals surface area (Å²) in [6.45, 7) is -2.83. The quantitative estimate of drug-likeness (QED) is 0.340. The highest BCUT2D eigenvalue weighted by Crippen LogP contribution is 2.49. The molecule has 0 bridgehead atoms. The van der Waals surface area contributed by atoms with Crippen LogP contribution in [0.15, 0.2) is 132 Å². The van der Waals surface area contributed by atoms with E-state index in [2.05, 4.69) is 0 Å². The summed E-state index contributed by atoms with van der Waals surface area (Å²) in [5.74, 6) is -0.652. The largest absolute Gasteiger partial charge is 0.289 e. The van der Waals surface area contributed by atoms with Gasteiger partial charge in [0, 0.05) is 16.0 Å². The molecule has 0 atom stereocenters. The van der Waals surface area contributed by atoms with Crippen LogP contribution in [0.4, 0.5) is 0 Å². The molecule has 1 fully saturated rings. The second kappa shape index (κ2) is 8.48. The molecule has 4 heteroatoms. The lowest BCUT2D eigenvalue weighted by molar-refractivity contribution is -0.117. The average Bonchev–Trinajstić information content (AvgIpc) is 3.25. The number of hydrogen-bond acceptors (Lipinski definition) is 3. The molecule has 1 aliphatic rings. The van der Waals surface area contributed by atoms with Crippen LogP contribution in [-0.4, -0.2) is 16.9 Å². The van der Waals surface area contributed by atoms with Crippen LogP contribution < -0.4 is 26.6 Å². The fourth-order valence-corrected chi connectivity index (χ4v) is 10.3. The van der Waals surface area contributed by atoms with Crippen molar-refractivity contribution in [2.24, 2.45) is 0 Å². The Kier molecular flexibility index (Phi) is 5.04. The Balaban J connectivity index is 1.66. The van der Waals surface area contributed by atoms with Crippen LogP contribution in [0.1, 0.15) is 0 Å². The van der Waals surface area contributed by atoms with Gasteiger partial charge in [0.05, 0.1) is 10.9 Å². The number of hydrogen-bond donors (Lipinski definition) is 0. The minimum Gasteiger partial charge on any atom is -0.289 e. The molecule has 1 aliphatic carbocycles. The molecule has 0 saturated heterocycles. The monoisotopic (exact) mass is 508 g/mol. The summed E-state index contributed by atoms with van der Waals surface area (Å²) in [7, 11) is 0. The lowest BCUT2D eigenvalue weighted by Gasteiger charge is -2.35. The van der Waals surface area contributed by atoms with Crippen molar-refractivity contribution < 1.29 is 9.59 Å². The maximum atomic E-state index is 14.3. The van der Waals surface area contributed by atoms with E-state index in [1.54, 1.807) is 6.07 Å². The van der Waals surface area contributed by atoms with Crippen molar-refractivity contribution in [1.29, 1.82) is 0 Å². The fourth-order valence-electron chi connectivity index (χ4n) is 5.95. The molecule has 38 heavy (non-hydrogen) atoms. The van der Waals surface area contributed by atoms with Gasteiger partial charge in [0.2, 0.25) is 11.6 Å². The molecule has 1 saturated carbocycles. The van der Waals surface area contributed by atoms with Crippen molar-refractivity contribution in [3.05, 3.63) is 143 Å². The fraction of sp³-hybridized carbons (Fsp3) is 0. The van der Waals surface area contributed by atoms with Gasteiger partial charge in [-0.05, 0) is 33.6 Å². The zero-order valence-electron chi connectivity index (χ0n) is 20.3. The topological polar surface area (TPSA) is 51.2 Å². The molecule has 180 valence electrons. The summed E-state index contributed by atoms with van der Waals surface area (Å²) in [5, 5.41) is 6.26. The Bertz CT molecular complexity index is 1930. The first-order valence-corrected chi connectivity index (χ1v) is 14.3. The van der Waals surface area contributed by atoms with Crippen LogP contribution >= 0.6 is 6.89 Å². The molecular weight excluding hydrogens is 487 g/mol. The third kappa shape index (κ3) is 2.94. The summed E-state index contributed by atoms with van der Waals surface area (Å²) >= 11 is 0. The number of Topliss-reactive ketones (excluding diaryl/α,β-unsaturated/α-hetero) is 2. The molecule has 0 aromatic heterocycles. The van der Waals surface area contributed by atoms with Gasteiger partial charge in [-0.25, -0.2) is 0 Å². The molecule has 0 heterocycles. The van der Waals surface area contributed by atoms with Gasteiger partial charge in [-0.15, -0.1) is 0 Å². The van der Waals surface area contributed by atoms with E-state index in [0.29, 0.717) is 10.8 Å². The number of benzene rings is 5. The van der Waals surface area contributed by atoms with Crippen molar-refractivity contribution in [2.75, 3.05) is 0 Å². The molecule has 6 aromatic carbocycles. The first-order chi connectivity index (χ1) is 18.6. The van der Waals surface area contributed by atoms with E-state index < -0.39 is 6.89 Å². The number of carbonyl (C=O) groups is 2. The average molecular weight is 509 g/mol. The Morgan fingerprint density at radius 1 is 0.447 bits per heavy atom. The predicted molar refractivity (Wildman–Crippen MR) is 158 cm³/mol. The summed E-state index contributed by atoms with van der Waals surface area (Å²) in [6, 6.07) is 40.7. The minimum atomic E-state index is -2.83. The molecular formula is C34H21O3P. The van der Waals surface area contributed by atoms with Gasteiger partial charge in [0.25, 0.3) is 0 Å². The Morgan fingerprint density at radius 2 is 0.895 bits per heavy atom. The maximum absolute atomic E-state index is 14.3. The van der Waals surface area contributed by atoms with E-state index in [-0.39, 0.29) is 33.1 Å². The van der Waals surface area contributed by atoms with Crippen molar-refractivity contribution >= 4 is 66.8 Å². The van der Waals surface area contributed by atoms with E-state index in [9.17, 15) is 14.4 Å². The molecule has 0 radical (unpaired) electrons. The van der Waals surface area contributed by atoms with Gasteiger partial charge in [0.15, 0.2) is 5.43 Å². The summed E-state index contributed by atoms with van der Waals surface area (Å²) < 4.78 is 0. The van der Waals surface area contributed by atoms with Crippen LogP contribution in [0, 0.1) is 0 Å². The normalized spacial score (nSPS) is 13.9. The predicted octanol–water partition coefficient (Wildman–Crippen LogP) is 3.98. The number of rotatable bonds is 3. The smallest absolute Gasteiger partial charge is 0.202 e. The van der Waals surface area contributed by atoms with Crippen LogP contribution in [0.5, 0.6) is 0 Å². The highest BCUT2D eigenvalue weighted by atomic mass is 31.2. The molecule has 7 rings (SSSR count). The second-order valence-corrected chi connectivity index (χ2v) is 12.8. The minimum absolute atomic E-state index is 0.0147. The summed E-state index contributed by atoms with van der Waals surface area (Å²) in [5.41, 5.74) is -0.239. The first kappa shape index (κ1) is 22.6. The lowest BCUT2D eigenvalue weighted by Crippen LogP contribution is -2.50. The van der Waals surface area contributed by atoms with Gasteiger partial charge in [0.1, 0.15) is 0 Å². The Hall–Kier alpha value is -4.59.